The molecule has 29 heavy (non-hydrogen) atoms. The van der Waals surface area contributed by atoms with Crippen LogP contribution in [0.1, 0.15) is 11.6 Å². The van der Waals surface area contributed by atoms with Gasteiger partial charge in [0.25, 0.3) is 6.47 Å². The maximum absolute atomic E-state index is 10.1. The molecule has 3 heterocycles. The van der Waals surface area contributed by atoms with Crippen LogP contribution in [0.2, 0.25) is 0 Å². The molecule has 1 aliphatic rings. The third-order valence-corrected chi connectivity index (χ3v) is 4.87. The molecular formula is C21H23N3O5. The van der Waals surface area contributed by atoms with E-state index in [9.17, 15) is 5.11 Å². The average molecular weight is 397 g/mol. The minimum Gasteiger partial charge on any atom is -0.504 e. The van der Waals surface area contributed by atoms with E-state index in [1.54, 1.807) is 18.3 Å². The van der Waals surface area contributed by atoms with Gasteiger partial charge in [0.15, 0.2) is 11.5 Å². The zero-order valence-corrected chi connectivity index (χ0v) is 16.0. The van der Waals surface area contributed by atoms with Gasteiger partial charge in [-0.3, -0.25) is 9.78 Å². The number of imidazole rings is 1. The molecule has 8 heteroatoms. The van der Waals surface area contributed by atoms with E-state index in [1.165, 1.54) is 12.7 Å². The number of carbonyl (C=O) groups is 1. The molecule has 2 N–H and O–H groups in total. The van der Waals surface area contributed by atoms with E-state index in [1.807, 2.05) is 36.8 Å². The largest absolute Gasteiger partial charge is 0.504 e. The smallest absolute Gasteiger partial charge is 0.290 e. The number of benzene rings is 1. The number of carboxylic acid groups (broad SMARTS) is 1. The summed E-state index contributed by atoms with van der Waals surface area (Å²) in [5, 5.41) is 17.0. The van der Waals surface area contributed by atoms with Gasteiger partial charge in [0.1, 0.15) is 5.82 Å². The number of hydrogen-bond acceptors (Lipinski definition) is 6. The van der Waals surface area contributed by atoms with Gasteiger partial charge >= 0.3 is 0 Å². The standard InChI is InChI=1S/C20H21N3O3.CH2O2/c1-25-19-3-2-15(11-18(19)24)20-22-8-9-23(20)17-13-26-12-16(17)10-14-4-6-21-7-5-14;2-1-3/h2-9,11,16-17,24H,10,12-13H2,1H3;1H,(H,2,3)/t16-,17-;/m1./s1. The predicted molar refractivity (Wildman–Crippen MR) is 106 cm³/mol. The highest BCUT2D eigenvalue weighted by Gasteiger charge is 2.31. The molecule has 0 amide bonds. The van der Waals surface area contributed by atoms with E-state index in [0.717, 1.165) is 24.4 Å². The number of nitrogens with zero attached hydrogens (tertiary/aromatic N) is 3. The van der Waals surface area contributed by atoms with E-state index < -0.39 is 0 Å². The van der Waals surface area contributed by atoms with Crippen molar-refractivity contribution in [3.05, 3.63) is 60.7 Å². The molecular weight excluding hydrogens is 374 g/mol. The lowest BCUT2D eigenvalue weighted by molar-refractivity contribution is -0.122. The molecule has 4 rings (SSSR count). The maximum atomic E-state index is 10.1. The van der Waals surface area contributed by atoms with Crippen molar-refractivity contribution < 1.29 is 24.5 Å². The van der Waals surface area contributed by atoms with Crippen LogP contribution >= 0.6 is 0 Å². The zero-order valence-electron chi connectivity index (χ0n) is 16.0. The van der Waals surface area contributed by atoms with Crippen LogP contribution in [0.3, 0.4) is 0 Å². The van der Waals surface area contributed by atoms with Gasteiger partial charge in [-0.05, 0) is 42.3 Å². The van der Waals surface area contributed by atoms with Crippen LogP contribution in [0.5, 0.6) is 11.5 Å². The molecule has 8 nitrogen and oxygen atoms in total. The molecule has 1 aromatic carbocycles. The Hall–Kier alpha value is -3.39. The number of aromatic nitrogens is 3. The first-order valence-electron chi connectivity index (χ1n) is 9.12. The number of methoxy groups -OCH3 is 1. The lowest BCUT2D eigenvalue weighted by atomic mass is 9.95. The Bertz CT molecular complexity index is 929. The first kappa shape index (κ1) is 20.3. The number of rotatable bonds is 5. The minimum atomic E-state index is -0.250. The fraction of sp³-hybridized carbons (Fsp3) is 0.286. The first-order chi connectivity index (χ1) is 14.2. The summed E-state index contributed by atoms with van der Waals surface area (Å²) >= 11 is 0. The number of phenols is 1. The number of phenolic OH excluding ortho intramolecular Hbond substituents is 1. The topological polar surface area (TPSA) is 107 Å². The van der Waals surface area contributed by atoms with E-state index in [2.05, 4.69) is 14.5 Å². The fourth-order valence-electron chi connectivity index (χ4n) is 3.54. The summed E-state index contributed by atoms with van der Waals surface area (Å²) in [7, 11) is 1.54. The van der Waals surface area contributed by atoms with Crippen molar-refractivity contribution in [3.8, 4) is 22.9 Å². The van der Waals surface area contributed by atoms with Gasteiger partial charge in [-0.15, -0.1) is 0 Å². The maximum Gasteiger partial charge on any atom is 0.290 e. The second kappa shape index (κ2) is 9.70. The van der Waals surface area contributed by atoms with E-state index >= 15 is 0 Å². The van der Waals surface area contributed by atoms with Crippen LogP contribution < -0.4 is 4.74 Å². The van der Waals surface area contributed by atoms with E-state index in [4.69, 9.17) is 19.4 Å². The highest BCUT2D eigenvalue weighted by molar-refractivity contribution is 5.61. The number of pyridine rings is 1. The Kier molecular flexibility index (Phi) is 6.80. The Balaban J connectivity index is 0.000000755. The summed E-state index contributed by atoms with van der Waals surface area (Å²) in [6.07, 6.45) is 8.35. The Labute approximate surface area is 168 Å². The van der Waals surface area contributed by atoms with Crippen LogP contribution in [0, 0.1) is 5.92 Å². The van der Waals surface area contributed by atoms with Gasteiger partial charge in [-0.1, -0.05) is 0 Å². The zero-order chi connectivity index (χ0) is 20.6. The van der Waals surface area contributed by atoms with Crippen LogP contribution in [0.4, 0.5) is 0 Å². The van der Waals surface area contributed by atoms with Gasteiger partial charge in [-0.25, -0.2) is 4.98 Å². The predicted octanol–water partition coefficient (Wildman–Crippen LogP) is 2.79. The molecule has 0 radical (unpaired) electrons. The van der Waals surface area contributed by atoms with Gasteiger partial charge in [0.05, 0.1) is 26.4 Å². The summed E-state index contributed by atoms with van der Waals surface area (Å²) in [4.78, 5) is 17.0. The van der Waals surface area contributed by atoms with Crippen molar-refractivity contribution in [3.63, 3.8) is 0 Å². The highest BCUT2D eigenvalue weighted by Crippen LogP contribution is 2.35. The summed E-state index contributed by atoms with van der Waals surface area (Å²) in [5.41, 5.74) is 2.10. The monoisotopic (exact) mass is 397 g/mol. The lowest BCUT2D eigenvalue weighted by Gasteiger charge is -2.21. The molecule has 152 valence electrons. The van der Waals surface area contributed by atoms with Crippen molar-refractivity contribution in [1.29, 1.82) is 0 Å². The molecule has 1 aliphatic heterocycles. The quantitative estimate of drug-likeness (QED) is 0.638. The Morgan fingerprint density at radius 2 is 2.00 bits per heavy atom. The minimum absolute atomic E-state index is 0.107. The Morgan fingerprint density at radius 3 is 2.69 bits per heavy atom. The fourth-order valence-corrected chi connectivity index (χ4v) is 3.54. The summed E-state index contributed by atoms with van der Waals surface area (Å²) < 4.78 is 13.1. The second-order valence-corrected chi connectivity index (χ2v) is 6.57. The molecule has 2 aromatic heterocycles. The molecule has 1 saturated heterocycles. The molecule has 0 unspecified atom stereocenters. The van der Waals surface area contributed by atoms with Crippen molar-refractivity contribution >= 4 is 6.47 Å². The third-order valence-electron chi connectivity index (χ3n) is 4.87. The SMILES string of the molecule is COc1ccc(-c2nccn2[C@@H]2COC[C@H]2Cc2ccncc2)cc1O.O=CO. The van der Waals surface area contributed by atoms with Crippen LogP contribution in [-0.2, 0) is 16.0 Å². The van der Waals surface area contributed by atoms with Crippen molar-refractivity contribution in [1.82, 2.24) is 14.5 Å². The lowest BCUT2D eigenvalue weighted by Crippen LogP contribution is -2.20. The third kappa shape index (κ3) is 4.72. The summed E-state index contributed by atoms with van der Waals surface area (Å²) in [5.74, 6) is 1.73. The van der Waals surface area contributed by atoms with E-state index in [0.29, 0.717) is 18.3 Å². The first-order valence-corrected chi connectivity index (χ1v) is 9.12. The normalized spacial score (nSPS) is 18.0. The summed E-state index contributed by atoms with van der Waals surface area (Å²) in [6, 6.07) is 9.64. The molecule has 0 aliphatic carbocycles. The molecule has 2 atom stereocenters. The van der Waals surface area contributed by atoms with E-state index in [-0.39, 0.29) is 18.3 Å². The van der Waals surface area contributed by atoms with Gasteiger partial charge in [0.2, 0.25) is 0 Å². The summed E-state index contributed by atoms with van der Waals surface area (Å²) in [6.45, 7) is 1.12. The number of hydrogen-bond donors (Lipinski definition) is 2. The van der Waals surface area contributed by atoms with Gasteiger partial charge < -0.3 is 24.3 Å². The number of ether oxygens (including phenoxy) is 2. The molecule has 0 saturated carbocycles. The van der Waals surface area contributed by atoms with Crippen LogP contribution in [-0.4, -0.2) is 51.5 Å². The number of aromatic hydroxyl groups is 1. The molecule has 3 aromatic rings. The molecule has 0 bridgehead atoms. The van der Waals surface area contributed by atoms with Gasteiger partial charge in [-0.2, -0.15) is 0 Å². The average Bonchev–Trinajstić information content (AvgIpc) is 3.38. The Morgan fingerprint density at radius 1 is 1.24 bits per heavy atom. The van der Waals surface area contributed by atoms with Crippen molar-refractivity contribution in [2.45, 2.75) is 12.5 Å². The molecule has 1 fully saturated rings. The highest BCUT2D eigenvalue weighted by atomic mass is 16.5. The van der Waals surface area contributed by atoms with Crippen LogP contribution in [0.25, 0.3) is 11.4 Å². The molecule has 0 spiro atoms. The van der Waals surface area contributed by atoms with Crippen molar-refractivity contribution in [2.24, 2.45) is 5.92 Å². The van der Waals surface area contributed by atoms with Gasteiger partial charge in [0, 0.05) is 36.3 Å². The van der Waals surface area contributed by atoms with Crippen LogP contribution in [0.15, 0.2) is 55.1 Å². The second-order valence-electron chi connectivity index (χ2n) is 6.57. The van der Waals surface area contributed by atoms with Crippen molar-refractivity contribution in [2.75, 3.05) is 20.3 Å².